The van der Waals surface area contributed by atoms with Crippen LogP contribution in [-0.2, 0) is 6.42 Å². The van der Waals surface area contributed by atoms with Crippen LogP contribution < -0.4 is 10.1 Å². The van der Waals surface area contributed by atoms with Crippen molar-refractivity contribution in [2.24, 2.45) is 0 Å². The summed E-state index contributed by atoms with van der Waals surface area (Å²) in [5.74, 6) is 0.557. The standard InChI is InChI=1S/C15H18FN3O/c1-4-6-11-14(18-9-19-15(11)17-2)10-7-5-8-12(20-3)13(10)16/h5,7-9H,4,6H2,1-3H3,(H,17,18,19). The molecule has 0 spiro atoms. The monoisotopic (exact) mass is 275 g/mol. The second-order valence-electron chi connectivity index (χ2n) is 4.37. The third kappa shape index (κ3) is 2.57. The van der Waals surface area contributed by atoms with Crippen LogP contribution in [0.5, 0.6) is 5.75 Å². The maximum Gasteiger partial charge on any atom is 0.174 e. The molecule has 0 aliphatic rings. The van der Waals surface area contributed by atoms with E-state index < -0.39 is 5.82 Å². The van der Waals surface area contributed by atoms with E-state index in [9.17, 15) is 4.39 Å². The Labute approximate surface area is 118 Å². The minimum Gasteiger partial charge on any atom is -0.494 e. The summed E-state index contributed by atoms with van der Waals surface area (Å²) in [7, 11) is 3.25. The maximum absolute atomic E-state index is 14.4. The molecule has 0 amide bonds. The molecule has 1 N–H and O–H groups in total. The van der Waals surface area contributed by atoms with Gasteiger partial charge in [-0.1, -0.05) is 19.4 Å². The van der Waals surface area contributed by atoms with Crippen molar-refractivity contribution in [3.05, 3.63) is 35.9 Å². The molecule has 20 heavy (non-hydrogen) atoms. The largest absolute Gasteiger partial charge is 0.494 e. The van der Waals surface area contributed by atoms with E-state index in [-0.39, 0.29) is 5.75 Å². The highest BCUT2D eigenvalue weighted by Gasteiger charge is 2.17. The first-order chi connectivity index (χ1) is 9.72. The fourth-order valence-electron chi connectivity index (χ4n) is 2.20. The lowest BCUT2D eigenvalue weighted by atomic mass is 10.0. The third-order valence-corrected chi connectivity index (χ3v) is 3.12. The van der Waals surface area contributed by atoms with E-state index in [0.29, 0.717) is 11.3 Å². The molecule has 0 aliphatic carbocycles. The molecule has 1 heterocycles. The number of hydrogen-bond donors (Lipinski definition) is 1. The summed E-state index contributed by atoms with van der Waals surface area (Å²) in [6.45, 7) is 2.07. The van der Waals surface area contributed by atoms with Gasteiger partial charge in [0.05, 0.1) is 12.8 Å². The van der Waals surface area contributed by atoms with E-state index >= 15 is 0 Å². The molecule has 4 nitrogen and oxygen atoms in total. The average Bonchev–Trinajstić information content (AvgIpc) is 2.48. The van der Waals surface area contributed by atoms with Crippen molar-refractivity contribution < 1.29 is 9.13 Å². The molecule has 2 rings (SSSR count). The van der Waals surface area contributed by atoms with Gasteiger partial charge < -0.3 is 10.1 Å². The number of ether oxygens (including phenoxy) is 1. The lowest BCUT2D eigenvalue weighted by Gasteiger charge is -2.13. The van der Waals surface area contributed by atoms with Crippen molar-refractivity contribution in [2.75, 3.05) is 19.5 Å². The number of halogens is 1. The van der Waals surface area contributed by atoms with Gasteiger partial charge in [-0.25, -0.2) is 14.4 Å². The number of anilines is 1. The molecule has 0 saturated heterocycles. The van der Waals surface area contributed by atoms with Crippen molar-refractivity contribution >= 4 is 5.82 Å². The molecule has 0 fully saturated rings. The highest BCUT2D eigenvalue weighted by Crippen LogP contribution is 2.32. The molecular formula is C15H18FN3O. The Balaban J connectivity index is 2.63. The molecule has 106 valence electrons. The Kier molecular flexibility index (Phi) is 4.50. The van der Waals surface area contributed by atoms with Crippen molar-refractivity contribution in [3.63, 3.8) is 0 Å². The smallest absolute Gasteiger partial charge is 0.174 e. The summed E-state index contributed by atoms with van der Waals surface area (Å²) >= 11 is 0. The van der Waals surface area contributed by atoms with Gasteiger partial charge in [0, 0.05) is 18.2 Å². The van der Waals surface area contributed by atoms with Crippen molar-refractivity contribution in [1.82, 2.24) is 9.97 Å². The fraction of sp³-hybridized carbons (Fsp3) is 0.333. The third-order valence-electron chi connectivity index (χ3n) is 3.12. The predicted molar refractivity (Wildman–Crippen MR) is 77.5 cm³/mol. The summed E-state index contributed by atoms with van der Waals surface area (Å²) < 4.78 is 19.4. The summed E-state index contributed by atoms with van der Waals surface area (Å²) in [6.07, 6.45) is 3.16. The van der Waals surface area contributed by atoms with Crippen LogP contribution in [0.25, 0.3) is 11.3 Å². The predicted octanol–water partition coefficient (Wildman–Crippen LogP) is 3.29. The second-order valence-corrected chi connectivity index (χ2v) is 4.37. The normalized spacial score (nSPS) is 10.4. The zero-order valence-electron chi connectivity index (χ0n) is 11.9. The van der Waals surface area contributed by atoms with Gasteiger partial charge in [0.2, 0.25) is 0 Å². The first-order valence-corrected chi connectivity index (χ1v) is 6.57. The number of rotatable bonds is 5. The average molecular weight is 275 g/mol. The Bertz CT molecular complexity index is 602. The lowest BCUT2D eigenvalue weighted by molar-refractivity contribution is 0.387. The van der Waals surface area contributed by atoms with E-state index in [1.165, 1.54) is 13.4 Å². The number of aromatic nitrogens is 2. The van der Waals surface area contributed by atoms with E-state index in [1.807, 2.05) is 0 Å². The van der Waals surface area contributed by atoms with E-state index in [1.54, 1.807) is 25.2 Å². The van der Waals surface area contributed by atoms with Gasteiger partial charge in [-0.2, -0.15) is 0 Å². The van der Waals surface area contributed by atoms with Gasteiger partial charge >= 0.3 is 0 Å². The van der Waals surface area contributed by atoms with Gasteiger partial charge in [0.15, 0.2) is 11.6 Å². The zero-order valence-corrected chi connectivity index (χ0v) is 11.9. The van der Waals surface area contributed by atoms with Crippen LogP contribution in [0.15, 0.2) is 24.5 Å². The molecule has 0 radical (unpaired) electrons. The summed E-state index contributed by atoms with van der Waals surface area (Å²) in [5, 5.41) is 3.03. The van der Waals surface area contributed by atoms with Gasteiger partial charge in [-0.3, -0.25) is 0 Å². The van der Waals surface area contributed by atoms with Crippen LogP contribution in [0.3, 0.4) is 0 Å². The number of nitrogens with zero attached hydrogens (tertiary/aromatic N) is 2. The van der Waals surface area contributed by atoms with E-state index in [2.05, 4.69) is 22.2 Å². The summed E-state index contributed by atoms with van der Waals surface area (Å²) in [6, 6.07) is 5.06. The quantitative estimate of drug-likeness (QED) is 0.909. The molecule has 1 aromatic heterocycles. The number of nitrogens with one attached hydrogen (secondary N) is 1. The second kappa shape index (κ2) is 6.32. The fourth-order valence-corrected chi connectivity index (χ4v) is 2.20. The molecule has 0 unspecified atom stereocenters. The molecule has 0 saturated carbocycles. The molecule has 0 aliphatic heterocycles. The molecular weight excluding hydrogens is 257 g/mol. The number of hydrogen-bond acceptors (Lipinski definition) is 4. The molecule has 1 aromatic carbocycles. The van der Waals surface area contributed by atoms with E-state index in [4.69, 9.17) is 4.74 Å². The van der Waals surface area contributed by atoms with Crippen molar-refractivity contribution in [1.29, 1.82) is 0 Å². The highest BCUT2D eigenvalue weighted by molar-refractivity contribution is 5.70. The van der Waals surface area contributed by atoms with E-state index in [0.717, 1.165) is 24.2 Å². The van der Waals surface area contributed by atoms with Crippen LogP contribution in [0.4, 0.5) is 10.2 Å². The number of methoxy groups -OCH3 is 1. The highest BCUT2D eigenvalue weighted by atomic mass is 19.1. The summed E-state index contributed by atoms with van der Waals surface area (Å²) in [5.41, 5.74) is 1.97. The molecule has 2 aromatic rings. The lowest BCUT2D eigenvalue weighted by Crippen LogP contribution is -2.04. The summed E-state index contributed by atoms with van der Waals surface area (Å²) in [4.78, 5) is 8.46. The first-order valence-electron chi connectivity index (χ1n) is 6.57. The first kappa shape index (κ1) is 14.2. The molecule has 5 heteroatoms. The van der Waals surface area contributed by atoms with Crippen LogP contribution >= 0.6 is 0 Å². The van der Waals surface area contributed by atoms with Crippen LogP contribution in [0, 0.1) is 5.82 Å². The van der Waals surface area contributed by atoms with Crippen molar-refractivity contribution in [2.45, 2.75) is 19.8 Å². The van der Waals surface area contributed by atoms with Crippen LogP contribution in [0.1, 0.15) is 18.9 Å². The van der Waals surface area contributed by atoms with Crippen LogP contribution in [0.2, 0.25) is 0 Å². The molecule has 0 atom stereocenters. The van der Waals surface area contributed by atoms with Gasteiger partial charge in [-0.05, 0) is 18.6 Å². The van der Waals surface area contributed by atoms with Crippen molar-refractivity contribution in [3.8, 4) is 17.0 Å². The Morgan fingerprint density at radius 2 is 2.10 bits per heavy atom. The minimum atomic E-state index is -0.395. The zero-order chi connectivity index (χ0) is 14.5. The number of benzene rings is 1. The van der Waals surface area contributed by atoms with Gasteiger partial charge in [0.1, 0.15) is 12.1 Å². The van der Waals surface area contributed by atoms with Gasteiger partial charge in [-0.15, -0.1) is 0 Å². The van der Waals surface area contributed by atoms with Crippen LogP contribution in [-0.4, -0.2) is 24.1 Å². The van der Waals surface area contributed by atoms with Gasteiger partial charge in [0.25, 0.3) is 0 Å². The topological polar surface area (TPSA) is 47.0 Å². The minimum absolute atomic E-state index is 0.217. The Hall–Kier alpha value is -2.17. The maximum atomic E-state index is 14.4. The SMILES string of the molecule is CCCc1c(NC)ncnc1-c1cccc(OC)c1F. The Morgan fingerprint density at radius 3 is 2.75 bits per heavy atom. The Morgan fingerprint density at radius 1 is 1.30 bits per heavy atom. The molecule has 0 bridgehead atoms.